The molecule has 0 aromatic carbocycles. The van der Waals surface area contributed by atoms with Crippen LogP contribution in [-0.4, -0.2) is 85.1 Å². The van der Waals surface area contributed by atoms with Crippen LogP contribution in [0.15, 0.2) is 0 Å². The van der Waals surface area contributed by atoms with E-state index in [9.17, 15) is 9.36 Å². The van der Waals surface area contributed by atoms with Gasteiger partial charge in [-0.3, -0.25) is 14.7 Å². The van der Waals surface area contributed by atoms with Crippen LogP contribution in [0.25, 0.3) is 0 Å². The number of carboxylic acids is 1. The number of nitrogens with one attached hydrogen (secondary N) is 1. The molecule has 61 valence electrons. The smallest absolute Gasteiger partial charge is 0.339 e. The van der Waals surface area contributed by atoms with Crippen molar-refractivity contribution in [1.82, 2.24) is 5.32 Å². The molecule has 0 heterocycles. The van der Waals surface area contributed by atoms with Crippen molar-refractivity contribution >= 4 is 64.9 Å². The van der Waals surface area contributed by atoms with Gasteiger partial charge in [-0.25, -0.2) is 0 Å². The fraction of sp³-hybridized carbons (Fsp3) is 0.667. The van der Waals surface area contributed by atoms with Gasteiger partial charge in [0, 0.05) is 51.4 Å². The van der Waals surface area contributed by atoms with Crippen molar-refractivity contribution in [2.24, 2.45) is 0 Å². The molecule has 0 aliphatic rings. The Morgan fingerprint density at radius 1 is 1.45 bits per heavy atom. The molecule has 0 atom stereocenters. The van der Waals surface area contributed by atoms with E-state index in [0.717, 1.165) is 0 Å². The summed E-state index contributed by atoms with van der Waals surface area (Å²) >= 11 is 0. The second kappa shape index (κ2) is 6.70. The molecule has 0 amide bonds. The summed E-state index contributed by atoms with van der Waals surface area (Å²) in [5.74, 6) is -1.14. The minimum absolute atomic E-state index is 0. The van der Waals surface area contributed by atoms with Crippen LogP contribution in [0, 0.1) is 0 Å². The quantitative estimate of drug-likeness (QED) is 0.328. The van der Waals surface area contributed by atoms with Crippen LogP contribution in [0.1, 0.15) is 0 Å². The normalized spacial score (nSPS) is 10.4. The van der Waals surface area contributed by atoms with E-state index in [4.69, 9.17) is 14.9 Å². The van der Waals surface area contributed by atoms with Gasteiger partial charge in [-0.05, 0) is 0 Å². The van der Waals surface area contributed by atoms with Gasteiger partial charge in [-0.1, -0.05) is 0 Å². The number of rotatable bonds is 4. The van der Waals surface area contributed by atoms with Gasteiger partial charge in [-0.2, -0.15) is 0 Å². The van der Waals surface area contributed by atoms with Gasteiger partial charge >= 0.3 is 13.6 Å². The zero-order chi connectivity index (χ0) is 8.20. The van der Waals surface area contributed by atoms with Gasteiger partial charge in [-0.15, -0.1) is 0 Å². The molecule has 0 saturated heterocycles. The summed E-state index contributed by atoms with van der Waals surface area (Å²) in [6.45, 7) is -0.439. The first kappa shape index (κ1) is 14.7. The number of hydrogen-bond acceptors (Lipinski definition) is 3. The Kier molecular flexibility index (Phi) is 8.97. The summed E-state index contributed by atoms with van der Waals surface area (Å²) in [6.07, 6.45) is -0.598. The van der Waals surface area contributed by atoms with Gasteiger partial charge < -0.3 is 14.9 Å². The van der Waals surface area contributed by atoms with E-state index in [1.807, 2.05) is 0 Å². The topological polar surface area (TPSA) is 107 Å². The molecule has 6 nitrogen and oxygen atoms in total. The predicted molar refractivity (Wildman–Crippen MR) is 38.3 cm³/mol. The van der Waals surface area contributed by atoms with Crippen LogP contribution in [0.2, 0.25) is 0 Å². The van der Waals surface area contributed by atoms with Crippen molar-refractivity contribution in [3.63, 3.8) is 0 Å². The molecule has 0 bridgehead atoms. The van der Waals surface area contributed by atoms with Gasteiger partial charge in [0.15, 0.2) is 0 Å². The first-order valence-corrected chi connectivity index (χ1v) is 4.18. The van der Waals surface area contributed by atoms with Crippen molar-refractivity contribution in [1.29, 1.82) is 0 Å². The maximum absolute atomic E-state index is 10.1. The summed E-state index contributed by atoms with van der Waals surface area (Å²) in [6, 6.07) is 0. The number of aliphatic carboxylic acids is 1. The van der Waals surface area contributed by atoms with Crippen LogP contribution in [-0.2, 0) is 9.36 Å². The third-order valence-corrected chi connectivity index (χ3v) is 1.23. The molecule has 0 aliphatic heterocycles. The van der Waals surface area contributed by atoms with Crippen LogP contribution < -0.4 is 5.32 Å². The summed E-state index contributed by atoms with van der Waals surface area (Å²) in [4.78, 5) is 26.1. The van der Waals surface area contributed by atoms with Gasteiger partial charge in [0.1, 0.15) is 0 Å². The Bertz CT molecular complexity index is 167. The third kappa shape index (κ3) is 14.1. The second-order valence-electron chi connectivity index (χ2n) is 1.64. The Balaban J connectivity index is 0. The van der Waals surface area contributed by atoms with E-state index in [1.54, 1.807) is 0 Å². The molecular weight excluding hydrogens is 200 g/mol. The van der Waals surface area contributed by atoms with Crippen LogP contribution in [0.5, 0.6) is 0 Å². The summed E-state index contributed by atoms with van der Waals surface area (Å²) in [5.41, 5.74) is 0. The van der Waals surface area contributed by atoms with E-state index in [0.29, 0.717) is 0 Å². The molecule has 0 spiro atoms. The maximum Gasteiger partial charge on any atom is 0.339 e. The minimum atomic E-state index is -4.10. The SMILES string of the molecule is O=C(O)CNCP(=O)(O)O.[K]. The van der Waals surface area contributed by atoms with Crippen molar-refractivity contribution in [2.75, 3.05) is 12.8 Å². The summed E-state index contributed by atoms with van der Waals surface area (Å²) in [5, 5.41) is 10.1. The van der Waals surface area contributed by atoms with Gasteiger partial charge in [0.25, 0.3) is 0 Å². The molecule has 0 rings (SSSR count). The molecule has 0 aliphatic carbocycles. The van der Waals surface area contributed by atoms with Crippen molar-refractivity contribution in [3.8, 4) is 0 Å². The van der Waals surface area contributed by atoms with E-state index < -0.39 is 26.4 Å². The van der Waals surface area contributed by atoms with Crippen molar-refractivity contribution in [3.05, 3.63) is 0 Å². The van der Waals surface area contributed by atoms with Crippen LogP contribution >= 0.6 is 7.60 Å². The number of carbonyl (C=O) groups is 1. The monoisotopic (exact) mass is 208 g/mol. The number of carboxylic acid groups (broad SMARTS) is 1. The Hall–Kier alpha value is 1.22. The molecule has 0 saturated carbocycles. The molecule has 0 aromatic heterocycles. The zero-order valence-electron chi connectivity index (χ0n) is 6.02. The van der Waals surface area contributed by atoms with E-state index in [-0.39, 0.29) is 51.4 Å². The standard InChI is InChI=1S/C3H8NO5P.K/c5-3(6)1-4-2-10(7,8)9;/h4H,1-2H2,(H,5,6)(H2,7,8,9);. The second-order valence-corrected chi connectivity index (χ2v) is 3.29. The molecule has 0 fully saturated rings. The Morgan fingerprint density at radius 3 is 2.18 bits per heavy atom. The van der Waals surface area contributed by atoms with Crippen LogP contribution in [0.4, 0.5) is 0 Å². The largest absolute Gasteiger partial charge is 0.480 e. The summed E-state index contributed by atoms with van der Waals surface area (Å²) in [7, 11) is -4.10. The fourth-order valence-electron chi connectivity index (χ4n) is 0.308. The fourth-order valence-corrected chi connectivity index (χ4v) is 0.712. The van der Waals surface area contributed by atoms with Crippen molar-refractivity contribution < 1.29 is 24.3 Å². The molecule has 1 radical (unpaired) electrons. The van der Waals surface area contributed by atoms with Gasteiger partial charge in [0.05, 0.1) is 12.8 Å². The molecule has 4 N–H and O–H groups in total. The first-order valence-electron chi connectivity index (χ1n) is 2.39. The molecule has 11 heavy (non-hydrogen) atoms. The molecule has 0 aromatic rings. The van der Waals surface area contributed by atoms with E-state index >= 15 is 0 Å². The Morgan fingerprint density at radius 2 is 1.91 bits per heavy atom. The average Bonchev–Trinajstić information content (AvgIpc) is 1.59. The molecule has 0 unspecified atom stereocenters. The summed E-state index contributed by atoms with van der Waals surface area (Å²) < 4.78 is 10.1. The molecular formula is C3H8KNO5P. The third-order valence-electron chi connectivity index (χ3n) is 0.594. The molecule has 8 heteroatoms. The van der Waals surface area contributed by atoms with E-state index in [1.165, 1.54) is 0 Å². The van der Waals surface area contributed by atoms with Crippen LogP contribution in [0.3, 0.4) is 0 Å². The van der Waals surface area contributed by atoms with E-state index in [2.05, 4.69) is 5.32 Å². The Labute approximate surface area is 106 Å². The maximum atomic E-state index is 10.1. The average molecular weight is 208 g/mol. The minimum Gasteiger partial charge on any atom is -0.480 e. The predicted octanol–water partition coefficient (Wildman–Crippen LogP) is -1.58. The first-order chi connectivity index (χ1) is 4.42. The van der Waals surface area contributed by atoms with Crippen molar-refractivity contribution in [2.45, 2.75) is 0 Å². The number of hydrogen-bond donors (Lipinski definition) is 4. The van der Waals surface area contributed by atoms with Gasteiger partial charge in [0.2, 0.25) is 0 Å². The zero-order valence-corrected chi connectivity index (χ0v) is 10.0.